The minimum absolute atomic E-state index is 0.220. The Balaban J connectivity index is 2.74. The van der Waals surface area contributed by atoms with E-state index in [0.717, 1.165) is 6.54 Å². The summed E-state index contributed by atoms with van der Waals surface area (Å²) < 4.78 is 0. The van der Waals surface area contributed by atoms with Crippen LogP contribution in [0, 0.1) is 0 Å². The van der Waals surface area contributed by atoms with E-state index < -0.39 is 0 Å². The van der Waals surface area contributed by atoms with Crippen molar-refractivity contribution in [1.29, 1.82) is 0 Å². The Kier molecular flexibility index (Phi) is 6.78. The van der Waals surface area contributed by atoms with Gasteiger partial charge in [0.1, 0.15) is 0 Å². The first-order valence-electron chi connectivity index (χ1n) is 8.14. The van der Waals surface area contributed by atoms with Crippen molar-refractivity contribution in [1.82, 2.24) is 9.80 Å². The molecule has 1 aliphatic rings. The molecule has 0 bridgehead atoms. The second-order valence-electron chi connectivity index (χ2n) is 6.66. The van der Waals surface area contributed by atoms with Crippen molar-refractivity contribution >= 4 is 0 Å². The number of hydrogen-bond acceptors (Lipinski definition) is 3. The van der Waals surface area contributed by atoms with Gasteiger partial charge in [-0.1, -0.05) is 13.3 Å². The zero-order valence-electron chi connectivity index (χ0n) is 13.8. The zero-order valence-corrected chi connectivity index (χ0v) is 13.8. The van der Waals surface area contributed by atoms with E-state index in [9.17, 15) is 0 Å². The van der Waals surface area contributed by atoms with Crippen LogP contribution in [0.2, 0.25) is 0 Å². The quantitative estimate of drug-likeness (QED) is 0.805. The molecule has 1 rings (SSSR count). The number of hydrogen-bond donors (Lipinski definition) is 1. The van der Waals surface area contributed by atoms with Crippen LogP contribution < -0.4 is 5.73 Å². The summed E-state index contributed by atoms with van der Waals surface area (Å²) in [6.07, 6.45) is 6.26. The van der Waals surface area contributed by atoms with Gasteiger partial charge in [0.05, 0.1) is 0 Å². The summed E-state index contributed by atoms with van der Waals surface area (Å²) in [6.45, 7) is 12.5. The van der Waals surface area contributed by atoms with Crippen LogP contribution >= 0.6 is 0 Å². The van der Waals surface area contributed by atoms with E-state index >= 15 is 0 Å². The molecule has 0 spiro atoms. The minimum atomic E-state index is 0.220. The molecule has 0 aromatic heterocycles. The van der Waals surface area contributed by atoms with E-state index in [0.29, 0.717) is 12.1 Å². The third-order valence-corrected chi connectivity index (χ3v) is 5.18. The number of nitrogens with two attached hydrogens (primary N) is 1. The van der Waals surface area contributed by atoms with E-state index in [4.69, 9.17) is 5.73 Å². The maximum atomic E-state index is 6.20. The molecule has 2 atom stereocenters. The number of nitrogens with zero attached hydrogens (tertiary/aromatic N) is 2. The van der Waals surface area contributed by atoms with Gasteiger partial charge in [0.2, 0.25) is 0 Å². The summed E-state index contributed by atoms with van der Waals surface area (Å²) in [7, 11) is 2.29. The fraction of sp³-hybridized carbons (Fsp3) is 1.00. The van der Waals surface area contributed by atoms with Gasteiger partial charge in [-0.05, 0) is 60.0 Å². The lowest BCUT2D eigenvalue weighted by Gasteiger charge is -2.44. The number of likely N-dealkylation sites (tertiary alicyclic amines) is 1. The topological polar surface area (TPSA) is 32.5 Å². The van der Waals surface area contributed by atoms with E-state index in [1.807, 2.05) is 0 Å². The predicted octanol–water partition coefficient (Wildman–Crippen LogP) is 2.70. The highest BCUT2D eigenvalue weighted by Crippen LogP contribution is 2.30. The highest BCUT2D eigenvalue weighted by molar-refractivity contribution is 4.95. The van der Waals surface area contributed by atoms with E-state index in [-0.39, 0.29) is 5.54 Å². The third kappa shape index (κ3) is 4.17. The molecule has 114 valence electrons. The average Bonchev–Trinajstić information content (AvgIpc) is 2.61. The maximum absolute atomic E-state index is 6.20. The van der Waals surface area contributed by atoms with Crippen molar-refractivity contribution < 1.29 is 0 Å². The first-order valence-corrected chi connectivity index (χ1v) is 8.14. The Bertz CT molecular complexity index is 254. The van der Waals surface area contributed by atoms with E-state index in [1.165, 1.54) is 45.2 Å². The zero-order chi connectivity index (χ0) is 14.5. The molecule has 0 amide bonds. The maximum Gasteiger partial charge on any atom is 0.0344 e. The molecule has 2 N–H and O–H groups in total. The Hall–Kier alpha value is -0.120. The lowest BCUT2D eigenvalue weighted by atomic mass is 9.87. The summed E-state index contributed by atoms with van der Waals surface area (Å²) >= 11 is 0. The first kappa shape index (κ1) is 16.9. The van der Waals surface area contributed by atoms with Gasteiger partial charge in [-0.15, -0.1) is 0 Å². The summed E-state index contributed by atoms with van der Waals surface area (Å²) in [4.78, 5) is 5.19. The molecule has 1 heterocycles. The van der Waals surface area contributed by atoms with Crippen molar-refractivity contribution in [2.24, 2.45) is 5.73 Å². The van der Waals surface area contributed by atoms with Gasteiger partial charge >= 0.3 is 0 Å². The van der Waals surface area contributed by atoms with Gasteiger partial charge < -0.3 is 10.6 Å². The molecule has 0 aromatic carbocycles. The van der Waals surface area contributed by atoms with Gasteiger partial charge in [-0.25, -0.2) is 0 Å². The molecule has 3 nitrogen and oxygen atoms in total. The molecule has 0 radical (unpaired) electrons. The first-order chi connectivity index (χ1) is 8.96. The van der Waals surface area contributed by atoms with Crippen molar-refractivity contribution in [3.05, 3.63) is 0 Å². The highest BCUT2D eigenvalue weighted by atomic mass is 15.2. The summed E-state index contributed by atoms with van der Waals surface area (Å²) in [5, 5.41) is 0. The molecule has 1 saturated heterocycles. The smallest absolute Gasteiger partial charge is 0.0344 e. The molecular weight excluding hydrogens is 234 g/mol. The van der Waals surface area contributed by atoms with Crippen LogP contribution in [0.3, 0.4) is 0 Å². The van der Waals surface area contributed by atoms with E-state index in [1.54, 1.807) is 0 Å². The Morgan fingerprint density at radius 2 is 1.89 bits per heavy atom. The second-order valence-corrected chi connectivity index (χ2v) is 6.66. The molecule has 3 heteroatoms. The summed E-state index contributed by atoms with van der Waals surface area (Å²) in [5.41, 5.74) is 6.42. The molecule has 0 aliphatic carbocycles. The van der Waals surface area contributed by atoms with Crippen molar-refractivity contribution in [2.75, 3.05) is 26.7 Å². The van der Waals surface area contributed by atoms with Crippen molar-refractivity contribution in [2.45, 2.75) is 77.4 Å². The van der Waals surface area contributed by atoms with Crippen molar-refractivity contribution in [3.8, 4) is 0 Å². The molecule has 0 saturated carbocycles. The van der Waals surface area contributed by atoms with Gasteiger partial charge in [0, 0.05) is 30.7 Å². The molecule has 0 aromatic rings. The van der Waals surface area contributed by atoms with Gasteiger partial charge in [0.15, 0.2) is 0 Å². The van der Waals surface area contributed by atoms with Crippen LogP contribution in [0.5, 0.6) is 0 Å². The van der Waals surface area contributed by atoms with Crippen LogP contribution in [0.1, 0.15) is 59.8 Å². The SMILES string of the molecule is CCCC(C)N(C)C1(CN)CCCN(C(C)C)CC1. The van der Waals surface area contributed by atoms with Crippen LogP contribution in [-0.2, 0) is 0 Å². The normalized spacial score (nSPS) is 27.8. The van der Waals surface area contributed by atoms with Crippen LogP contribution in [-0.4, -0.2) is 54.1 Å². The van der Waals surface area contributed by atoms with Gasteiger partial charge in [0.25, 0.3) is 0 Å². The number of likely N-dealkylation sites (N-methyl/N-ethyl adjacent to an activating group) is 1. The minimum Gasteiger partial charge on any atom is -0.329 e. The molecule has 2 unspecified atom stereocenters. The lowest BCUT2D eigenvalue weighted by Crippen LogP contribution is -2.55. The monoisotopic (exact) mass is 269 g/mol. The summed E-state index contributed by atoms with van der Waals surface area (Å²) in [6, 6.07) is 1.30. The number of rotatable bonds is 6. The standard InChI is InChI=1S/C16H35N3/c1-6-8-15(4)18(5)16(13-17)9-7-11-19(12-10-16)14(2)3/h14-15H,6-13,17H2,1-5H3. The van der Waals surface area contributed by atoms with E-state index in [2.05, 4.69) is 44.5 Å². The Morgan fingerprint density at radius 3 is 2.42 bits per heavy atom. The predicted molar refractivity (Wildman–Crippen MR) is 84.5 cm³/mol. The Morgan fingerprint density at radius 1 is 1.21 bits per heavy atom. The van der Waals surface area contributed by atoms with Crippen LogP contribution in [0.15, 0.2) is 0 Å². The third-order valence-electron chi connectivity index (χ3n) is 5.18. The Labute approximate surface area is 120 Å². The lowest BCUT2D eigenvalue weighted by molar-refractivity contribution is 0.0644. The fourth-order valence-electron chi connectivity index (χ4n) is 3.50. The van der Waals surface area contributed by atoms with Crippen LogP contribution in [0.25, 0.3) is 0 Å². The largest absolute Gasteiger partial charge is 0.329 e. The fourth-order valence-corrected chi connectivity index (χ4v) is 3.50. The molecular formula is C16H35N3. The molecule has 19 heavy (non-hydrogen) atoms. The second kappa shape index (κ2) is 7.61. The van der Waals surface area contributed by atoms with Gasteiger partial charge in [-0.3, -0.25) is 4.90 Å². The van der Waals surface area contributed by atoms with Gasteiger partial charge in [-0.2, -0.15) is 0 Å². The highest BCUT2D eigenvalue weighted by Gasteiger charge is 2.37. The summed E-state index contributed by atoms with van der Waals surface area (Å²) in [5.74, 6) is 0. The average molecular weight is 269 g/mol. The van der Waals surface area contributed by atoms with Crippen LogP contribution in [0.4, 0.5) is 0 Å². The molecule has 1 aliphatic heterocycles. The van der Waals surface area contributed by atoms with Crippen molar-refractivity contribution in [3.63, 3.8) is 0 Å². The molecule has 1 fully saturated rings.